The van der Waals surface area contributed by atoms with Crippen LogP contribution in [0.2, 0.25) is 0 Å². The van der Waals surface area contributed by atoms with Gasteiger partial charge in [-0.1, -0.05) is 65.2 Å². The summed E-state index contributed by atoms with van der Waals surface area (Å²) in [6, 6.07) is -2.12. The number of carbonyl (C=O) groups excluding carboxylic acids is 6. The van der Waals surface area contributed by atoms with Crippen molar-refractivity contribution < 1.29 is 33.5 Å². The highest BCUT2D eigenvalue weighted by Crippen LogP contribution is 2.65. The molecule has 5 saturated carbocycles. The first kappa shape index (κ1) is 33.9. The van der Waals surface area contributed by atoms with Gasteiger partial charge in [0, 0.05) is 18.9 Å². The number of likely N-dealkylation sites (tertiary alicyclic amines) is 1. The number of Topliss-reactive ketones (excluding diaryl/α,β-unsaturated/α-hetero) is 2. The number of piperidine rings is 1. The predicted octanol–water partition coefficient (Wildman–Crippen LogP) is 3.80. The van der Waals surface area contributed by atoms with Crippen molar-refractivity contribution in [3.63, 3.8) is 0 Å². The molecule has 0 aromatic heterocycles. The maximum absolute atomic E-state index is 14.6. The monoisotopic (exact) mass is 654 g/mol. The molecule has 6 rings (SSSR count). The number of nitrogens with zero attached hydrogens (tertiary/aromatic N) is 1. The Morgan fingerprint density at radius 1 is 0.872 bits per heavy atom. The van der Waals surface area contributed by atoms with E-state index in [0.29, 0.717) is 44.2 Å². The molecule has 0 radical (unpaired) electrons. The third-order valence-electron chi connectivity index (χ3n) is 12.5. The average molecular weight is 655 g/mol. The predicted molar refractivity (Wildman–Crippen MR) is 172 cm³/mol. The van der Waals surface area contributed by atoms with Crippen LogP contribution in [0.3, 0.4) is 0 Å². The van der Waals surface area contributed by atoms with Crippen LogP contribution < -0.4 is 16.4 Å². The van der Waals surface area contributed by atoms with Crippen molar-refractivity contribution >= 4 is 35.4 Å². The van der Waals surface area contributed by atoms with Gasteiger partial charge in [-0.25, -0.2) is 9.59 Å². The van der Waals surface area contributed by atoms with Crippen LogP contribution in [0.15, 0.2) is 0 Å². The maximum Gasteiger partial charge on any atom is 0.331 e. The summed E-state index contributed by atoms with van der Waals surface area (Å²) in [5.74, 6) is -2.64. The molecule has 4 amide bonds. The topological polar surface area (TPSA) is 165 Å². The Kier molecular flexibility index (Phi) is 9.74. The van der Waals surface area contributed by atoms with Crippen molar-refractivity contribution in [3.05, 3.63) is 0 Å². The molecule has 11 nitrogen and oxygen atoms in total. The molecule has 6 fully saturated rings. The molecule has 1 saturated heterocycles. The lowest BCUT2D eigenvalue weighted by Crippen LogP contribution is -2.63. The number of hydrogen-bond acceptors (Lipinski definition) is 7. The van der Waals surface area contributed by atoms with E-state index < -0.39 is 47.2 Å². The number of hydrogen-bond donors (Lipinski definition) is 3. The lowest BCUT2D eigenvalue weighted by atomic mass is 9.81. The third kappa shape index (κ3) is 7.38. The molecule has 0 spiro atoms. The fourth-order valence-electron chi connectivity index (χ4n) is 9.06. The van der Waals surface area contributed by atoms with Crippen LogP contribution in [0, 0.1) is 40.9 Å². The molecule has 11 heteroatoms. The Bertz CT molecular complexity index is 1260. The van der Waals surface area contributed by atoms with E-state index in [1.54, 1.807) is 4.90 Å². The molecule has 0 bridgehead atoms. The quantitative estimate of drug-likeness (QED) is 0.189. The van der Waals surface area contributed by atoms with E-state index in [1.165, 1.54) is 0 Å². The van der Waals surface area contributed by atoms with Gasteiger partial charge in [0.25, 0.3) is 5.91 Å². The van der Waals surface area contributed by atoms with Crippen LogP contribution in [0.1, 0.15) is 117 Å². The van der Waals surface area contributed by atoms with Crippen molar-refractivity contribution in [3.8, 4) is 0 Å². The van der Waals surface area contributed by atoms with E-state index >= 15 is 0 Å². The van der Waals surface area contributed by atoms with Crippen LogP contribution in [0.4, 0.5) is 4.79 Å². The highest BCUT2D eigenvalue weighted by atomic mass is 16.5. The molecule has 260 valence electrons. The molecule has 5 aliphatic carbocycles. The van der Waals surface area contributed by atoms with Gasteiger partial charge in [0.2, 0.25) is 11.7 Å². The summed E-state index contributed by atoms with van der Waals surface area (Å²) in [7, 11) is 0. The molecule has 1 unspecified atom stereocenters. The number of amides is 4. The number of carbonyl (C=O) groups is 6. The van der Waals surface area contributed by atoms with Gasteiger partial charge in [-0.3, -0.25) is 19.2 Å². The molecular weight excluding hydrogens is 600 g/mol. The number of rotatable bonds is 14. The zero-order valence-corrected chi connectivity index (χ0v) is 28.2. The van der Waals surface area contributed by atoms with E-state index in [0.717, 1.165) is 77.0 Å². The van der Waals surface area contributed by atoms with Gasteiger partial charge in [-0.15, -0.1) is 0 Å². The minimum atomic E-state index is -1.11. The number of esters is 1. The summed E-state index contributed by atoms with van der Waals surface area (Å²) in [6.07, 6.45) is 12.5. The van der Waals surface area contributed by atoms with Gasteiger partial charge >= 0.3 is 12.0 Å². The Labute approximate surface area is 278 Å². The standard InChI is InChI=1S/C36H54N4O7/c1-35(2)25-19-40(29(27(25)35)26(41)18-24(17-21-11-12-21)30(42)31(37)43)32(44)28(23-9-5-3-6-10-23)38-34(46)39-36(15-7-4-8-16-36)33(45)47-20-22-13-14-22/h21-25,27-29H,3-20H2,1-2H3,(H2,37,43)(H2,38,39,46)/t24?,25-,27-,28-,29+/m0/s1. The first-order valence-corrected chi connectivity index (χ1v) is 18.3. The Hall–Kier alpha value is -2.98. The van der Waals surface area contributed by atoms with Gasteiger partial charge in [0.1, 0.15) is 11.6 Å². The van der Waals surface area contributed by atoms with E-state index in [1.807, 2.05) is 0 Å². The van der Waals surface area contributed by atoms with Crippen molar-refractivity contribution in [2.24, 2.45) is 46.7 Å². The van der Waals surface area contributed by atoms with Crippen molar-refractivity contribution in [1.29, 1.82) is 0 Å². The van der Waals surface area contributed by atoms with Gasteiger partial charge < -0.3 is 26.0 Å². The summed E-state index contributed by atoms with van der Waals surface area (Å²) in [6.45, 7) is 5.00. The minimum Gasteiger partial charge on any atom is -0.464 e. The van der Waals surface area contributed by atoms with Gasteiger partial charge in [-0.05, 0) is 80.0 Å². The molecular formula is C36H54N4O7. The van der Waals surface area contributed by atoms with Gasteiger partial charge in [-0.2, -0.15) is 0 Å². The number of nitrogens with one attached hydrogen (secondary N) is 2. The van der Waals surface area contributed by atoms with Crippen molar-refractivity contribution in [2.45, 2.75) is 134 Å². The van der Waals surface area contributed by atoms with Crippen molar-refractivity contribution in [2.75, 3.05) is 13.2 Å². The molecule has 0 aromatic rings. The number of fused-ring (bicyclic) bond motifs is 1. The fraction of sp³-hybridized carbons (Fsp3) is 0.833. The smallest absolute Gasteiger partial charge is 0.331 e. The van der Waals surface area contributed by atoms with Crippen LogP contribution in [0.25, 0.3) is 0 Å². The van der Waals surface area contributed by atoms with Crippen molar-refractivity contribution in [1.82, 2.24) is 15.5 Å². The number of nitrogens with two attached hydrogens (primary N) is 1. The zero-order chi connectivity index (χ0) is 33.5. The second-order valence-corrected chi connectivity index (χ2v) is 16.3. The molecule has 1 aliphatic heterocycles. The largest absolute Gasteiger partial charge is 0.464 e. The van der Waals surface area contributed by atoms with Crippen LogP contribution in [0.5, 0.6) is 0 Å². The normalized spacial score (nSPS) is 29.1. The first-order valence-electron chi connectivity index (χ1n) is 18.3. The van der Waals surface area contributed by atoms with E-state index in [2.05, 4.69) is 24.5 Å². The molecule has 47 heavy (non-hydrogen) atoms. The molecule has 5 atom stereocenters. The number of ketones is 2. The maximum atomic E-state index is 14.6. The third-order valence-corrected chi connectivity index (χ3v) is 12.5. The second kappa shape index (κ2) is 13.5. The summed E-state index contributed by atoms with van der Waals surface area (Å²) in [4.78, 5) is 82.1. The lowest BCUT2D eigenvalue weighted by molar-refractivity contribution is -0.153. The Balaban J connectivity index is 1.20. The number of urea groups is 1. The Morgan fingerprint density at radius 2 is 1.51 bits per heavy atom. The molecule has 4 N–H and O–H groups in total. The van der Waals surface area contributed by atoms with Gasteiger partial charge in [0.15, 0.2) is 5.78 Å². The van der Waals surface area contributed by atoms with Crippen LogP contribution in [-0.2, 0) is 28.7 Å². The highest BCUT2D eigenvalue weighted by Gasteiger charge is 2.69. The fourth-order valence-corrected chi connectivity index (χ4v) is 9.06. The summed E-state index contributed by atoms with van der Waals surface area (Å²) >= 11 is 0. The van der Waals surface area contributed by atoms with E-state index in [9.17, 15) is 28.8 Å². The van der Waals surface area contributed by atoms with Crippen LogP contribution >= 0.6 is 0 Å². The molecule has 0 aromatic carbocycles. The molecule has 6 aliphatic rings. The Morgan fingerprint density at radius 3 is 2.13 bits per heavy atom. The first-order chi connectivity index (χ1) is 22.4. The second-order valence-electron chi connectivity index (χ2n) is 16.3. The summed E-state index contributed by atoms with van der Waals surface area (Å²) in [5, 5.41) is 6.00. The number of ether oxygens (including phenoxy) is 1. The molecule has 1 heterocycles. The highest BCUT2D eigenvalue weighted by molar-refractivity contribution is 6.36. The lowest BCUT2D eigenvalue weighted by Gasteiger charge is -2.39. The summed E-state index contributed by atoms with van der Waals surface area (Å²) < 4.78 is 5.68. The SMILES string of the molecule is CC1(C)[C@@H]2[C@@H](C(=O)CC(CC3CC3)C(=O)C(N)=O)N(C(=O)[C@@H](NC(=O)NC3(C(=O)OCC4CC4)CCCCC3)C3CCCCC3)C[C@@H]21. The van der Waals surface area contributed by atoms with E-state index in [-0.39, 0.29) is 41.3 Å². The van der Waals surface area contributed by atoms with E-state index in [4.69, 9.17) is 10.5 Å². The average Bonchev–Trinajstić information content (AvgIpc) is 4.01. The summed E-state index contributed by atoms with van der Waals surface area (Å²) in [5.41, 5.74) is 4.13. The zero-order valence-electron chi connectivity index (χ0n) is 28.2. The van der Waals surface area contributed by atoms with Gasteiger partial charge in [0.05, 0.1) is 12.6 Å². The number of primary amides is 1. The minimum absolute atomic E-state index is 0.0446. The van der Waals surface area contributed by atoms with Crippen LogP contribution in [-0.4, -0.2) is 71.1 Å².